The molecule has 1 fully saturated rings. The summed E-state index contributed by atoms with van der Waals surface area (Å²) in [5, 5.41) is 3.10. The fourth-order valence-corrected chi connectivity index (χ4v) is 3.87. The minimum absolute atomic E-state index is 0.00124. The summed E-state index contributed by atoms with van der Waals surface area (Å²) in [4.78, 5) is 26.9. The van der Waals surface area contributed by atoms with Crippen molar-refractivity contribution in [1.29, 1.82) is 0 Å². The molecule has 1 aromatic heterocycles. The van der Waals surface area contributed by atoms with Crippen LogP contribution in [0.4, 0.5) is 0 Å². The van der Waals surface area contributed by atoms with Crippen molar-refractivity contribution in [3.63, 3.8) is 0 Å². The highest BCUT2D eigenvalue weighted by atomic mass is 16.5. The van der Waals surface area contributed by atoms with Gasteiger partial charge >= 0.3 is 0 Å². The Labute approximate surface area is 193 Å². The topological polar surface area (TPSA) is 72.8 Å². The number of rotatable bonds is 8. The van der Waals surface area contributed by atoms with Crippen LogP contribution in [0, 0.1) is 0 Å². The Morgan fingerprint density at radius 3 is 2.12 bits per heavy atom. The molecule has 1 saturated heterocycles. The Balaban J connectivity index is 1.20. The first-order valence-corrected chi connectivity index (χ1v) is 11.3. The molecular formula is C26H29N3O4. The van der Waals surface area contributed by atoms with Crippen LogP contribution in [0.2, 0.25) is 0 Å². The summed E-state index contributed by atoms with van der Waals surface area (Å²) in [5.41, 5.74) is 1.64. The largest absolute Gasteiger partial charge is 0.494 e. The van der Waals surface area contributed by atoms with E-state index in [2.05, 4.69) is 5.32 Å². The second kappa shape index (κ2) is 10.7. The number of carbonyl (C=O) groups excluding carboxylic acids is 2. The monoisotopic (exact) mass is 447 g/mol. The molecule has 0 spiro atoms. The predicted molar refractivity (Wildman–Crippen MR) is 126 cm³/mol. The van der Waals surface area contributed by atoms with Gasteiger partial charge in [0.25, 0.3) is 11.8 Å². The van der Waals surface area contributed by atoms with Gasteiger partial charge in [0.1, 0.15) is 11.5 Å². The molecule has 0 radical (unpaired) electrons. The molecule has 1 aliphatic heterocycles. The zero-order valence-corrected chi connectivity index (χ0v) is 18.8. The van der Waals surface area contributed by atoms with E-state index in [-0.39, 0.29) is 24.5 Å². The first-order valence-electron chi connectivity index (χ1n) is 11.3. The number of hydrogen-bond acceptors (Lipinski definition) is 4. The van der Waals surface area contributed by atoms with E-state index >= 15 is 0 Å². The Kier molecular flexibility index (Phi) is 7.29. The quantitative estimate of drug-likeness (QED) is 0.572. The van der Waals surface area contributed by atoms with E-state index < -0.39 is 0 Å². The zero-order chi connectivity index (χ0) is 23.0. The van der Waals surface area contributed by atoms with Crippen LogP contribution in [0.5, 0.6) is 11.5 Å². The molecule has 1 aliphatic rings. The lowest BCUT2D eigenvalue weighted by Crippen LogP contribution is -2.47. The molecule has 3 aromatic rings. The average Bonchev–Trinajstić information content (AvgIpc) is 3.39. The average molecular weight is 448 g/mol. The summed E-state index contributed by atoms with van der Waals surface area (Å²) in [5.74, 6) is 1.28. The van der Waals surface area contributed by atoms with Crippen molar-refractivity contribution in [3.05, 3.63) is 78.6 Å². The number of nitrogens with zero attached hydrogens (tertiary/aromatic N) is 2. The van der Waals surface area contributed by atoms with Crippen molar-refractivity contribution in [2.45, 2.75) is 25.8 Å². The van der Waals surface area contributed by atoms with Crippen LogP contribution in [-0.4, -0.2) is 53.6 Å². The lowest BCUT2D eigenvalue weighted by Gasteiger charge is -2.32. The minimum Gasteiger partial charge on any atom is -0.494 e. The van der Waals surface area contributed by atoms with Crippen LogP contribution < -0.4 is 14.8 Å². The van der Waals surface area contributed by atoms with Gasteiger partial charge in [0.2, 0.25) is 0 Å². The van der Waals surface area contributed by atoms with E-state index in [9.17, 15) is 9.59 Å². The molecular weight excluding hydrogens is 418 g/mol. The van der Waals surface area contributed by atoms with E-state index in [1.54, 1.807) is 17.0 Å². The smallest absolute Gasteiger partial charge is 0.260 e. The molecule has 0 saturated carbocycles. The van der Waals surface area contributed by atoms with Gasteiger partial charge in [-0.2, -0.15) is 0 Å². The number of aromatic nitrogens is 1. The molecule has 2 amide bonds. The number of ether oxygens (including phenoxy) is 2. The first kappa shape index (κ1) is 22.5. The van der Waals surface area contributed by atoms with Gasteiger partial charge in [-0.05, 0) is 80.4 Å². The van der Waals surface area contributed by atoms with Gasteiger partial charge in [-0.15, -0.1) is 0 Å². The van der Waals surface area contributed by atoms with E-state index in [0.717, 1.165) is 24.3 Å². The number of benzene rings is 2. The number of likely N-dealkylation sites (tertiary alicyclic amines) is 1. The molecule has 0 aliphatic carbocycles. The molecule has 2 aromatic carbocycles. The van der Waals surface area contributed by atoms with Crippen LogP contribution in [0.1, 0.15) is 30.1 Å². The van der Waals surface area contributed by atoms with Crippen molar-refractivity contribution < 1.29 is 19.1 Å². The summed E-state index contributed by atoms with van der Waals surface area (Å²) >= 11 is 0. The first-order chi connectivity index (χ1) is 16.1. The maximum atomic E-state index is 12.6. The number of carbonyl (C=O) groups is 2. The number of amides is 2. The molecule has 33 heavy (non-hydrogen) atoms. The minimum atomic E-state index is -0.0855. The number of nitrogens with one attached hydrogen (secondary N) is 1. The standard InChI is InChI=1S/C26H29N3O4/c1-2-32-23-9-11-24(12-10-23)33-19-25(30)29-17-13-21(14-18-29)27-26(31)20-5-7-22(8-6-20)28-15-3-4-16-28/h3-12,15-16,21H,2,13-14,17-19H2,1H3,(H,27,31). The molecule has 4 rings (SSSR count). The highest BCUT2D eigenvalue weighted by Gasteiger charge is 2.24. The molecule has 1 N–H and O–H groups in total. The Morgan fingerprint density at radius 2 is 1.52 bits per heavy atom. The van der Waals surface area contributed by atoms with Crippen LogP contribution in [0.3, 0.4) is 0 Å². The summed E-state index contributed by atoms with van der Waals surface area (Å²) in [7, 11) is 0. The van der Waals surface area contributed by atoms with Gasteiger partial charge in [-0.25, -0.2) is 0 Å². The normalized spacial score (nSPS) is 14.0. The van der Waals surface area contributed by atoms with Gasteiger partial charge in [0.05, 0.1) is 6.61 Å². The van der Waals surface area contributed by atoms with Crippen molar-refractivity contribution in [1.82, 2.24) is 14.8 Å². The summed E-state index contributed by atoms with van der Waals surface area (Å²) in [6.07, 6.45) is 5.38. The predicted octanol–water partition coefficient (Wildman–Crippen LogP) is 3.68. The molecule has 2 heterocycles. The van der Waals surface area contributed by atoms with E-state index in [4.69, 9.17) is 9.47 Å². The lowest BCUT2D eigenvalue weighted by molar-refractivity contribution is -0.134. The van der Waals surface area contributed by atoms with Gasteiger partial charge in [-0.1, -0.05) is 0 Å². The summed E-state index contributed by atoms with van der Waals surface area (Å²) in [6.45, 7) is 3.74. The summed E-state index contributed by atoms with van der Waals surface area (Å²) in [6, 6.07) is 18.8. The third-order valence-corrected chi connectivity index (χ3v) is 5.71. The van der Waals surface area contributed by atoms with Crippen LogP contribution >= 0.6 is 0 Å². The van der Waals surface area contributed by atoms with E-state index in [0.29, 0.717) is 31.0 Å². The zero-order valence-electron chi connectivity index (χ0n) is 18.8. The molecule has 0 atom stereocenters. The van der Waals surface area contributed by atoms with Gasteiger partial charge in [0.15, 0.2) is 6.61 Å². The maximum Gasteiger partial charge on any atom is 0.260 e. The lowest BCUT2D eigenvalue weighted by atomic mass is 10.0. The molecule has 0 bridgehead atoms. The Morgan fingerprint density at radius 1 is 0.909 bits per heavy atom. The number of piperidine rings is 1. The second-order valence-corrected chi connectivity index (χ2v) is 7.96. The van der Waals surface area contributed by atoms with Crippen molar-refractivity contribution in [3.8, 4) is 17.2 Å². The molecule has 0 unspecified atom stereocenters. The van der Waals surface area contributed by atoms with Crippen molar-refractivity contribution in [2.24, 2.45) is 0 Å². The van der Waals surface area contributed by atoms with Crippen LogP contribution in [-0.2, 0) is 4.79 Å². The van der Waals surface area contributed by atoms with Crippen molar-refractivity contribution >= 4 is 11.8 Å². The highest BCUT2D eigenvalue weighted by molar-refractivity contribution is 5.94. The summed E-state index contributed by atoms with van der Waals surface area (Å²) < 4.78 is 13.0. The third kappa shape index (κ3) is 5.94. The number of hydrogen-bond donors (Lipinski definition) is 1. The van der Waals surface area contributed by atoms with Gasteiger partial charge in [-0.3, -0.25) is 9.59 Å². The SMILES string of the molecule is CCOc1ccc(OCC(=O)N2CCC(NC(=O)c3ccc(-n4cccc4)cc3)CC2)cc1. The molecule has 7 nitrogen and oxygen atoms in total. The van der Waals surface area contributed by atoms with E-state index in [1.165, 1.54) is 0 Å². The van der Waals surface area contributed by atoms with Gasteiger partial charge < -0.3 is 24.3 Å². The molecule has 7 heteroatoms. The van der Waals surface area contributed by atoms with Gasteiger partial charge in [0, 0.05) is 42.8 Å². The fraction of sp³-hybridized carbons (Fsp3) is 0.308. The van der Waals surface area contributed by atoms with Crippen LogP contribution in [0.25, 0.3) is 5.69 Å². The highest BCUT2D eigenvalue weighted by Crippen LogP contribution is 2.18. The second-order valence-electron chi connectivity index (χ2n) is 7.96. The fourth-order valence-electron chi connectivity index (χ4n) is 3.87. The van der Waals surface area contributed by atoms with Crippen LogP contribution in [0.15, 0.2) is 73.1 Å². The Hall–Kier alpha value is -3.74. The molecule has 172 valence electrons. The van der Waals surface area contributed by atoms with Crippen molar-refractivity contribution in [2.75, 3.05) is 26.3 Å². The maximum absolute atomic E-state index is 12.6. The third-order valence-electron chi connectivity index (χ3n) is 5.71. The van der Waals surface area contributed by atoms with E-state index in [1.807, 2.05) is 72.4 Å². The Bertz CT molecular complexity index is 1040.